The Balaban J connectivity index is 1.28. The number of carbonyl (C=O) groups is 1. The fourth-order valence-corrected chi connectivity index (χ4v) is 5.47. The van der Waals surface area contributed by atoms with E-state index < -0.39 is 5.60 Å². The number of likely N-dealkylation sites (tertiary alicyclic amines) is 1. The summed E-state index contributed by atoms with van der Waals surface area (Å²) in [7, 11) is 0. The first-order valence-corrected chi connectivity index (χ1v) is 12.3. The summed E-state index contributed by atoms with van der Waals surface area (Å²) in [4.78, 5) is 21.5. The number of oxime groups is 1. The summed E-state index contributed by atoms with van der Waals surface area (Å²) in [6, 6.07) is 21.4. The Kier molecular flexibility index (Phi) is 6.74. The van der Waals surface area contributed by atoms with E-state index in [2.05, 4.69) is 69.2 Å². The van der Waals surface area contributed by atoms with Crippen molar-refractivity contribution in [1.82, 2.24) is 15.5 Å². The molecule has 6 nitrogen and oxygen atoms in total. The van der Waals surface area contributed by atoms with Crippen molar-refractivity contribution in [2.75, 3.05) is 13.1 Å². The lowest BCUT2D eigenvalue weighted by molar-refractivity contribution is -0.115. The molecule has 1 saturated heterocycles. The van der Waals surface area contributed by atoms with Crippen LogP contribution >= 0.6 is 0 Å². The van der Waals surface area contributed by atoms with Gasteiger partial charge in [-0.2, -0.15) is 0 Å². The van der Waals surface area contributed by atoms with Crippen LogP contribution in [0.15, 0.2) is 65.8 Å². The summed E-state index contributed by atoms with van der Waals surface area (Å²) in [6.45, 7) is 3.38. The highest BCUT2D eigenvalue weighted by atomic mass is 16.7. The van der Waals surface area contributed by atoms with Crippen LogP contribution in [-0.4, -0.2) is 47.3 Å². The molecule has 2 aliphatic heterocycles. The lowest BCUT2D eigenvalue weighted by atomic mass is 9.82. The van der Waals surface area contributed by atoms with Crippen molar-refractivity contribution in [1.29, 1.82) is 0 Å². The van der Waals surface area contributed by atoms with Crippen LogP contribution in [0.3, 0.4) is 0 Å². The smallest absolute Gasteiger partial charge is 0.269 e. The molecule has 1 amide bonds. The predicted octanol–water partition coefficient (Wildman–Crippen LogP) is 3.62. The molecule has 5 rings (SSSR count). The molecular formula is C27H34N4O2. The maximum atomic E-state index is 12.9. The van der Waals surface area contributed by atoms with Gasteiger partial charge in [0.25, 0.3) is 5.91 Å². The zero-order chi connectivity index (χ0) is 22.5. The minimum absolute atomic E-state index is 0.0548. The summed E-state index contributed by atoms with van der Waals surface area (Å²) in [5.41, 5.74) is 2.55. The lowest BCUT2D eigenvalue weighted by Crippen LogP contribution is -2.61. The van der Waals surface area contributed by atoms with Crippen LogP contribution in [0.1, 0.15) is 49.7 Å². The first-order valence-electron chi connectivity index (χ1n) is 12.3. The third kappa shape index (κ3) is 5.28. The van der Waals surface area contributed by atoms with E-state index in [4.69, 9.17) is 4.84 Å². The second-order valence-electron chi connectivity index (χ2n) is 9.73. The molecule has 2 heterocycles. The zero-order valence-corrected chi connectivity index (χ0v) is 19.2. The van der Waals surface area contributed by atoms with Crippen molar-refractivity contribution in [3.05, 3.63) is 71.8 Å². The predicted molar refractivity (Wildman–Crippen MR) is 130 cm³/mol. The topological polar surface area (TPSA) is 66.0 Å². The molecule has 3 aliphatic rings. The third-order valence-electron chi connectivity index (χ3n) is 7.26. The van der Waals surface area contributed by atoms with Crippen LogP contribution in [0.25, 0.3) is 0 Å². The molecule has 0 bridgehead atoms. The molecule has 1 aliphatic carbocycles. The molecular weight excluding hydrogens is 412 g/mol. The normalized spacial score (nSPS) is 25.7. The monoisotopic (exact) mass is 446 g/mol. The highest BCUT2D eigenvalue weighted by Crippen LogP contribution is 2.35. The zero-order valence-electron chi connectivity index (χ0n) is 19.2. The Hall–Kier alpha value is -2.70. The number of nitrogens with zero attached hydrogens (tertiary/aromatic N) is 2. The van der Waals surface area contributed by atoms with Gasteiger partial charge in [0.05, 0.1) is 6.04 Å². The molecule has 0 unspecified atom stereocenters. The van der Waals surface area contributed by atoms with Crippen LogP contribution in [0.4, 0.5) is 0 Å². The molecule has 33 heavy (non-hydrogen) atoms. The average molecular weight is 447 g/mol. The number of benzene rings is 2. The van der Waals surface area contributed by atoms with Gasteiger partial charge in [-0.1, -0.05) is 78.7 Å². The highest BCUT2D eigenvalue weighted by Gasteiger charge is 2.51. The second kappa shape index (κ2) is 10.1. The SMILES string of the molecule is O=C(NC1CCCC1)C1=NO[C@@]2(C1)CN(Cc1ccccc1)CC[C@H]2NCc1ccccc1. The Labute approximate surface area is 196 Å². The Bertz CT molecular complexity index is 959. The Morgan fingerprint density at radius 3 is 2.42 bits per heavy atom. The number of rotatable bonds is 7. The van der Waals surface area contributed by atoms with E-state index in [1.165, 1.54) is 24.0 Å². The van der Waals surface area contributed by atoms with Gasteiger partial charge in [-0.15, -0.1) is 0 Å². The molecule has 2 N–H and O–H groups in total. The highest BCUT2D eigenvalue weighted by molar-refractivity contribution is 6.39. The van der Waals surface area contributed by atoms with Crippen molar-refractivity contribution >= 4 is 11.6 Å². The maximum absolute atomic E-state index is 12.9. The lowest BCUT2D eigenvalue weighted by Gasteiger charge is -2.44. The van der Waals surface area contributed by atoms with Crippen molar-refractivity contribution in [3.63, 3.8) is 0 Å². The van der Waals surface area contributed by atoms with Gasteiger partial charge in [-0.05, 0) is 30.4 Å². The standard InChI is InChI=1S/C27H34N4O2/c32-26(29-23-13-7-8-14-23)24-17-27(33-30-24)20-31(19-22-11-5-2-6-12-22)16-15-25(27)28-18-21-9-3-1-4-10-21/h1-6,9-12,23,25,28H,7-8,13-20H2,(H,29,32)/t25-,27+/m1/s1. The summed E-state index contributed by atoms with van der Waals surface area (Å²) in [5, 5.41) is 11.3. The quantitative estimate of drug-likeness (QED) is 0.682. The Morgan fingerprint density at radius 2 is 1.70 bits per heavy atom. The summed E-state index contributed by atoms with van der Waals surface area (Å²) < 4.78 is 0. The molecule has 0 aromatic heterocycles. The first-order chi connectivity index (χ1) is 16.2. The van der Waals surface area contributed by atoms with Gasteiger partial charge < -0.3 is 15.5 Å². The van der Waals surface area contributed by atoms with E-state index in [-0.39, 0.29) is 18.0 Å². The summed E-state index contributed by atoms with van der Waals surface area (Å²) in [5.74, 6) is -0.0548. The van der Waals surface area contributed by atoms with Crippen LogP contribution in [-0.2, 0) is 22.7 Å². The number of hydrogen-bond donors (Lipinski definition) is 2. The van der Waals surface area contributed by atoms with E-state index in [0.29, 0.717) is 12.1 Å². The second-order valence-corrected chi connectivity index (χ2v) is 9.73. The first kappa shape index (κ1) is 22.1. The third-order valence-corrected chi connectivity index (χ3v) is 7.26. The van der Waals surface area contributed by atoms with Crippen LogP contribution in [0, 0.1) is 0 Å². The van der Waals surface area contributed by atoms with Gasteiger partial charge >= 0.3 is 0 Å². The van der Waals surface area contributed by atoms with E-state index in [1.54, 1.807) is 0 Å². The molecule has 2 atom stereocenters. The van der Waals surface area contributed by atoms with E-state index in [0.717, 1.165) is 45.4 Å². The summed E-state index contributed by atoms with van der Waals surface area (Å²) in [6.07, 6.45) is 6.01. The van der Waals surface area contributed by atoms with Gasteiger partial charge in [0.2, 0.25) is 0 Å². The Morgan fingerprint density at radius 1 is 1.00 bits per heavy atom. The fourth-order valence-electron chi connectivity index (χ4n) is 5.47. The van der Waals surface area contributed by atoms with Crippen molar-refractivity contribution in [2.45, 2.75) is 69.3 Å². The molecule has 2 aromatic rings. The number of nitrogens with one attached hydrogen (secondary N) is 2. The number of piperidine rings is 1. The molecule has 0 radical (unpaired) electrons. The van der Waals surface area contributed by atoms with Crippen molar-refractivity contribution in [3.8, 4) is 0 Å². The van der Waals surface area contributed by atoms with Gasteiger partial charge in [-0.25, -0.2) is 0 Å². The minimum Gasteiger partial charge on any atom is -0.385 e. The van der Waals surface area contributed by atoms with Crippen LogP contribution < -0.4 is 10.6 Å². The average Bonchev–Trinajstić information content (AvgIpc) is 3.51. The summed E-state index contributed by atoms with van der Waals surface area (Å²) >= 11 is 0. The maximum Gasteiger partial charge on any atom is 0.269 e. The molecule has 1 saturated carbocycles. The van der Waals surface area contributed by atoms with E-state index in [9.17, 15) is 4.79 Å². The van der Waals surface area contributed by atoms with Gasteiger partial charge in [0, 0.05) is 38.6 Å². The van der Waals surface area contributed by atoms with E-state index in [1.807, 2.05) is 12.1 Å². The molecule has 2 fully saturated rings. The largest absolute Gasteiger partial charge is 0.385 e. The number of carbonyl (C=O) groups excluding carboxylic acids is 1. The van der Waals surface area contributed by atoms with Crippen molar-refractivity contribution in [2.24, 2.45) is 5.16 Å². The van der Waals surface area contributed by atoms with Crippen molar-refractivity contribution < 1.29 is 9.63 Å². The molecule has 174 valence electrons. The molecule has 1 spiro atoms. The van der Waals surface area contributed by atoms with E-state index >= 15 is 0 Å². The molecule has 2 aromatic carbocycles. The van der Waals surface area contributed by atoms with Gasteiger partial charge in [0.1, 0.15) is 5.71 Å². The number of amides is 1. The van der Waals surface area contributed by atoms with Crippen LogP contribution in [0.2, 0.25) is 0 Å². The van der Waals surface area contributed by atoms with Gasteiger partial charge in [0.15, 0.2) is 5.60 Å². The van der Waals surface area contributed by atoms with Crippen LogP contribution in [0.5, 0.6) is 0 Å². The molecule has 6 heteroatoms. The minimum atomic E-state index is -0.524. The fraction of sp³-hybridized carbons (Fsp3) is 0.481. The van der Waals surface area contributed by atoms with Gasteiger partial charge in [-0.3, -0.25) is 9.69 Å². The number of hydrogen-bond acceptors (Lipinski definition) is 5.